The molecular weight excluding hydrogens is 753 g/mol. The minimum absolute atomic E-state index is 0.105. The van der Waals surface area contributed by atoms with Gasteiger partial charge in [0.1, 0.15) is 6.04 Å². The molecule has 0 unspecified atom stereocenters. The standard InChI is InChI=1S/C45H64N4O6SSi/c1-12-20-36(43(51)48-41(33(4)5)44(52)46-30-34-21-15-13-16-22-34)29-40(55-57(10,11)45(6,7)8)39(27-32(2)3)47-42(50)37-25-19-26-38(28-37)49(9)56(53,54)31-35-23-17-14-18-24-35/h1,13-19,21-26,28,32-33,36,39-41H,20,27,29-31H2,2-11H3,(H,46,52)(H,47,50)(H,48,51)/t36-,39+,40+,41+/m1/s1. The molecular formula is C45H64N4O6SSi. The lowest BCUT2D eigenvalue weighted by molar-refractivity contribution is -0.132. The Kier molecular flexibility index (Phi) is 17.1. The first-order valence-corrected chi connectivity index (χ1v) is 24.3. The summed E-state index contributed by atoms with van der Waals surface area (Å²) in [4.78, 5) is 41.7. The molecule has 0 aliphatic heterocycles. The van der Waals surface area contributed by atoms with E-state index >= 15 is 0 Å². The van der Waals surface area contributed by atoms with E-state index in [9.17, 15) is 22.8 Å². The highest BCUT2D eigenvalue weighted by Crippen LogP contribution is 2.39. The molecule has 0 bridgehead atoms. The first-order valence-electron chi connectivity index (χ1n) is 19.8. The first-order chi connectivity index (χ1) is 26.6. The molecule has 0 aromatic heterocycles. The Bertz CT molecular complexity index is 1920. The van der Waals surface area contributed by atoms with Crippen molar-refractivity contribution in [1.82, 2.24) is 16.0 Å². The molecule has 0 spiro atoms. The van der Waals surface area contributed by atoms with Crippen LogP contribution in [0.25, 0.3) is 0 Å². The van der Waals surface area contributed by atoms with E-state index in [0.29, 0.717) is 24.2 Å². The lowest BCUT2D eigenvalue weighted by Crippen LogP contribution is -2.54. The topological polar surface area (TPSA) is 134 Å². The van der Waals surface area contributed by atoms with Gasteiger partial charge in [0.2, 0.25) is 21.8 Å². The Morgan fingerprint density at radius 3 is 1.98 bits per heavy atom. The molecule has 3 N–H and O–H groups in total. The van der Waals surface area contributed by atoms with Crippen molar-refractivity contribution < 1.29 is 27.2 Å². The van der Waals surface area contributed by atoms with Crippen molar-refractivity contribution in [3.05, 3.63) is 102 Å². The fourth-order valence-electron chi connectivity index (χ4n) is 6.21. The first kappa shape index (κ1) is 46.9. The number of rotatable bonds is 20. The minimum atomic E-state index is -3.75. The zero-order valence-electron chi connectivity index (χ0n) is 35.5. The number of anilines is 1. The number of nitrogens with one attached hydrogen (secondary N) is 3. The fraction of sp³-hybridized carbons (Fsp3) is 0.489. The van der Waals surface area contributed by atoms with Crippen LogP contribution in [0.5, 0.6) is 0 Å². The SMILES string of the molecule is C#CC[C@H](C[C@H](O[Si](C)(C)C(C)(C)C)[C@H](CC(C)C)NC(=O)c1cccc(N(C)S(=O)(=O)Cc2ccccc2)c1)C(=O)N[C@H](C(=O)NCc1ccccc1)C(C)C. The van der Waals surface area contributed by atoms with E-state index in [0.717, 1.165) is 5.56 Å². The molecule has 3 rings (SSSR count). The van der Waals surface area contributed by atoms with Gasteiger partial charge in [-0.05, 0) is 72.1 Å². The van der Waals surface area contributed by atoms with Gasteiger partial charge in [-0.15, -0.1) is 12.3 Å². The molecule has 0 aliphatic rings. The number of hydrogen-bond acceptors (Lipinski definition) is 6. The third-order valence-corrected chi connectivity index (χ3v) is 16.9. The number of amides is 3. The van der Waals surface area contributed by atoms with E-state index in [2.05, 4.69) is 69.6 Å². The maximum atomic E-state index is 14.1. The van der Waals surface area contributed by atoms with Gasteiger partial charge in [-0.25, -0.2) is 8.42 Å². The summed E-state index contributed by atoms with van der Waals surface area (Å²) in [5.74, 6) is 0.661. The van der Waals surface area contributed by atoms with Crippen LogP contribution in [0, 0.1) is 30.1 Å². The highest BCUT2D eigenvalue weighted by molar-refractivity contribution is 7.92. The second-order valence-corrected chi connectivity index (χ2v) is 23.9. The smallest absolute Gasteiger partial charge is 0.251 e. The van der Waals surface area contributed by atoms with Crippen molar-refractivity contribution in [3.63, 3.8) is 0 Å². The molecule has 3 aromatic rings. The van der Waals surface area contributed by atoms with Gasteiger partial charge in [0.15, 0.2) is 8.32 Å². The molecule has 3 amide bonds. The second-order valence-electron chi connectivity index (χ2n) is 17.2. The molecule has 10 nitrogen and oxygen atoms in total. The number of benzene rings is 3. The van der Waals surface area contributed by atoms with Crippen molar-refractivity contribution >= 4 is 41.7 Å². The Balaban J connectivity index is 1.93. The highest BCUT2D eigenvalue weighted by atomic mass is 32.2. The van der Waals surface area contributed by atoms with Gasteiger partial charge in [0, 0.05) is 25.6 Å². The zero-order chi connectivity index (χ0) is 42.6. The normalized spacial score (nSPS) is 14.2. The number of carbonyl (C=O) groups excluding carboxylic acids is 3. The molecule has 0 fully saturated rings. The van der Waals surface area contributed by atoms with Crippen LogP contribution in [0.15, 0.2) is 84.9 Å². The lowest BCUT2D eigenvalue weighted by Gasteiger charge is -2.42. The van der Waals surface area contributed by atoms with E-state index in [4.69, 9.17) is 10.8 Å². The molecule has 3 aromatic carbocycles. The van der Waals surface area contributed by atoms with Crippen LogP contribution >= 0.6 is 0 Å². The van der Waals surface area contributed by atoms with Crippen LogP contribution < -0.4 is 20.3 Å². The molecule has 0 heterocycles. The van der Waals surface area contributed by atoms with Gasteiger partial charge in [-0.3, -0.25) is 18.7 Å². The van der Waals surface area contributed by atoms with Gasteiger partial charge in [-0.1, -0.05) is 115 Å². The van der Waals surface area contributed by atoms with Gasteiger partial charge < -0.3 is 20.4 Å². The van der Waals surface area contributed by atoms with Crippen LogP contribution in [0.3, 0.4) is 0 Å². The molecule has 0 aliphatic carbocycles. The minimum Gasteiger partial charge on any atom is -0.412 e. The van der Waals surface area contributed by atoms with Gasteiger partial charge in [0.25, 0.3) is 5.91 Å². The van der Waals surface area contributed by atoms with Crippen LogP contribution in [-0.2, 0) is 36.3 Å². The van der Waals surface area contributed by atoms with Gasteiger partial charge in [-0.2, -0.15) is 0 Å². The summed E-state index contributed by atoms with van der Waals surface area (Å²) in [6, 6.07) is 23.7. The lowest BCUT2D eigenvalue weighted by atomic mass is 9.89. The van der Waals surface area contributed by atoms with E-state index in [1.807, 2.05) is 50.2 Å². The third kappa shape index (κ3) is 14.2. The molecule has 12 heteroatoms. The Labute approximate surface area is 343 Å². The van der Waals surface area contributed by atoms with Crippen LogP contribution in [-0.4, -0.2) is 59.7 Å². The second kappa shape index (κ2) is 20.8. The maximum Gasteiger partial charge on any atom is 0.251 e. The van der Waals surface area contributed by atoms with Crippen LogP contribution in [0.4, 0.5) is 5.69 Å². The van der Waals surface area contributed by atoms with E-state index in [1.54, 1.807) is 48.5 Å². The fourth-order valence-corrected chi connectivity index (χ4v) is 8.82. The van der Waals surface area contributed by atoms with Gasteiger partial charge in [0.05, 0.1) is 29.5 Å². The maximum absolute atomic E-state index is 14.1. The quantitative estimate of drug-likeness (QED) is 0.0792. The number of nitrogens with zero attached hydrogens (tertiary/aromatic N) is 1. The van der Waals surface area contributed by atoms with E-state index in [1.165, 1.54) is 11.4 Å². The summed E-state index contributed by atoms with van der Waals surface area (Å²) in [6.45, 7) is 18.9. The highest BCUT2D eigenvalue weighted by Gasteiger charge is 2.42. The van der Waals surface area contributed by atoms with Crippen molar-refractivity contribution in [2.45, 2.75) is 116 Å². The monoisotopic (exact) mass is 816 g/mol. The van der Waals surface area contributed by atoms with Crippen LogP contribution in [0.1, 0.15) is 89.2 Å². The van der Waals surface area contributed by atoms with Gasteiger partial charge >= 0.3 is 0 Å². The summed E-state index contributed by atoms with van der Waals surface area (Å²) in [7, 11) is -4.77. The predicted octanol–water partition coefficient (Wildman–Crippen LogP) is 7.67. The van der Waals surface area contributed by atoms with Crippen LogP contribution in [0.2, 0.25) is 18.1 Å². The molecule has 0 saturated heterocycles. The predicted molar refractivity (Wildman–Crippen MR) is 233 cm³/mol. The summed E-state index contributed by atoms with van der Waals surface area (Å²) in [6.07, 6.45) is 6.11. The number of terminal acetylenes is 1. The van der Waals surface area contributed by atoms with E-state index in [-0.39, 0.29) is 52.8 Å². The van der Waals surface area contributed by atoms with Crippen molar-refractivity contribution in [3.8, 4) is 12.3 Å². The Morgan fingerprint density at radius 1 is 0.842 bits per heavy atom. The summed E-state index contributed by atoms with van der Waals surface area (Å²) in [5.41, 5.74) is 2.24. The number of carbonyl (C=O) groups is 3. The summed E-state index contributed by atoms with van der Waals surface area (Å²) in [5, 5.41) is 8.98. The summed E-state index contributed by atoms with van der Waals surface area (Å²) >= 11 is 0. The van der Waals surface area contributed by atoms with Crippen molar-refractivity contribution in [2.24, 2.45) is 17.8 Å². The Morgan fingerprint density at radius 2 is 1.44 bits per heavy atom. The average molecular weight is 817 g/mol. The molecule has 0 saturated carbocycles. The average Bonchev–Trinajstić information content (AvgIpc) is 3.14. The Hall–Kier alpha value is -4.44. The van der Waals surface area contributed by atoms with Crippen molar-refractivity contribution in [1.29, 1.82) is 0 Å². The van der Waals surface area contributed by atoms with Crippen molar-refractivity contribution in [2.75, 3.05) is 11.4 Å². The largest absolute Gasteiger partial charge is 0.412 e. The summed E-state index contributed by atoms with van der Waals surface area (Å²) < 4.78 is 35.0. The van der Waals surface area contributed by atoms with E-state index < -0.39 is 48.4 Å². The molecule has 4 atom stereocenters. The third-order valence-electron chi connectivity index (χ3n) is 10.6. The molecule has 0 radical (unpaired) electrons. The number of hydrogen-bond donors (Lipinski definition) is 3. The molecule has 310 valence electrons. The molecule has 57 heavy (non-hydrogen) atoms. The zero-order valence-corrected chi connectivity index (χ0v) is 37.3. The number of sulfonamides is 1.